The Bertz CT molecular complexity index is 608. The van der Waals surface area contributed by atoms with Gasteiger partial charge in [-0.2, -0.15) is 11.8 Å². The molecule has 0 bridgehead atoms. The lowest BCUT2D eigenvalue weighted by molar-refractivity contribution is -0.168. The van der Waals surface area contributed by atoms with E-state index >= 15 is 0 Å². The molecule has 0 aliphatic carbocycles. The summed E-state index contributed by atoms with van der Waals surface area (Å²) in [6, 6.07) is 7.74. The van der Waals surface area contributed by atoms with Gasteiger partial charge in [-0.15, -0.1) is 0 Å². The van der Waals surface area contributed by atoms with Crippen LogP contribution in [0.5, 0.6) is 0 Å². The Morgan fingerprint density at radius 2 is 2.00 bits per heavy atom. The van der Waals surface area contributed by atoms with E-state index in [9.17, 15) is 14.4 Å². The van der Waals surface area contributed by atoms with Crippen LogP contribution in [0.15, 0.2) is 30.3 Å². The molecule has 2 amide bonds. The Labute approximate surface area is 145 Å². The van der Waals surface area contributed by atoms with E-state index < -0.39 is 18.1 Å². The predicted molar refractivity (Wildman–Crippen MR) is 92.4 cm³/mol. The lowest BCUT2D eigenvalue weighted by Gasteiger charge is -2.50. The molecule has 1 aliphatic rings. The number of carbonyl (C=O) groups excluding carboxylic acids is 3. The van der Waals surface area contributed by atoms with Crippen LogP contribution in [0.3, 0.4) is 0 Å². The second-order valence-corrected chi connectivity index (χ2v) is 6.59. The minimum absolute atomic E-state index is 0.254. The first-order chi connectivity index (χ1) is 11.5. The number of nitrogens with one attached hydrogen (secondary N) is 1. The predicted octanol–water partition coefficient (Wildman–Crippen LogP) is 1.37. The van der Waals surface area contributed by atoms with E-state index in [4.69, 9.17) is 4.74 Å². The van der Waals surface area contributed by atoms with E-state index in [1.165, 1.54) is 18.9 Å². The van der Waals surface area contributed by atoms with E-state index in [0.717, 1.165) is 11.3 Å². The molecule has 1 aromatic carbocycles. The molecular formula is C17H22N2O4S. The first-order valence-corrected chi connectivity index (χ1v) is 9.11. The zero-order chi connectivity index (χ0) is 17.7. The fourth-order valence-electron chi connectivity index (χ4n) is 2.96. The molecule has 24 heavy (non-hydrogen) atoms. The van der Waals surface area contributed by atoms with E-state index in [1.54, 1.807) is 11.8 Å². The molecule has 1 heterocycles. The van der Waals surface area contributed by atoms with Crippen molar-refractivity contribution < 1.29 is 19.1 Å². The largest absolute Gasteiger partial charge is 0.467 e. The standard InChI is InChI=1S/C17H22N2O4S/c1-11(20)18-14-15(12-7-5-4-6-8-12)19(16(14)21)13(9-10-24-3)17(22)23-2/h4-8,13-15H,9-10H2,1-3H3,(H,18,20). The van der Waals surface area contributed by atoms with Gasteiger partial charge in [-0.05, 0) is 24.0 Å². The van der Waals surface area contributed by atoms with Crippen LogP contribution in [-0.2, 0) is 19.1 Å². The van der Waals surface area contributed by atoms with Crippen molar-refractivity contribution in [1.29, 1.82) is 0 Å². The normalized spacial score (nSPS) is 21.0. The summed E-state index contributed by atoms with van der Waals surface area (Å²) in [7, 11) is 1.32. The van der Waals surface area contributed by atoms with E-state index in [2.05, 4.69) is 5.32 Å². The van der Waals surface area contributed by atoms with Gasteiger partial charge in [0.25, 0.3) is 0 Å². The van der Waals surface area contributed by atoms with Crippen molar-refractivity contribution >= 4 is 29.5 Å². The molecule has 1 N–H and O–H groups in total. The van der Waals surface area contributed by atoms with Crippen molar-refractivity contribution in [3.63, 3.8) is 0 Å². The Morgan fingerprint density at radius 3 is 2.54 bits per heavy atom. The molecule has 3 unspecified atom stereocenters. The zero-order valence-electron chi connectivity index (χ0n) is 14.0. The number of benzene rings is 1. The van der Waals surface area contributed by atoms with Crippen LogP contribution in [0.1, 0.15) is 24.9 Å². The number of methoxy groups -OCH3 is 1. The van der Waals surface area contributed by atoms with E-state index in [-0.39, 0.29) is 17.9 Å². The number of hydrogen-bond donors (Lipinski definition) is 1. The topological polar surface area (TPSA) is 75.7 Å². The number of thioether (sulfide) groups is 1. The molecule has 0 aromatic heterocycles. The van der Waals surface area contributed by atoms with Crippen molar-refractivity contribution in [2.45, 2.75) is 31.5 Å². The Balaban J connectivity index is 2.32. The van der Waals surface area contributed by atoms with Gasteiger partial charge in [0.05, 0.1) is 13.2 Å². The fourth-order valence-corrected chi connectivity index (χ4v) is 3.42. The van der Waals surface area contributed by atoms with Gasteiger partial charge < -0.3 is 15.0 Å². The third-order valence-corrected chi connectivity index (χ3v) is 4.68. The van der Waals surface area contributed by atoms with Crippen molar-refractivity contribution in [2.24, 2.45) is 0 Å². The number of nitrogens with zero attached hydrogens (tertiary/aromatic N) is 1. The summed E-state index contributed by atoms with van der Waals surface area (Å²) in [6.45, 7) is 1.38. The number of ether oxygens (including phenoxy) is 1. The molecule has 2 rings (SSSR count). The molecule has 1 aliphatic heterocycles. The monoisotopic (exact) mass is 350 g/mol. The summed E-state index contributed by atoms with van der Waals surface area (Å²) in [6.07, 6.45) is 2.46. The number of likely N-dealkylation sites (tertiary alicyclic amines) is 1. The Kier molecular flexibility index (Phi) is 6.25. The molecular weight excluding hydrogens is 328 g/mol. The number of esters is 1. The van der Waals surface area contributed by atoms with Gasteiger partial charge in [0.2, 0.25) is 11.8 Å². The van der Waals surface area contributed by atoms with Gasteiger partial charge in [0, 0.05) is 6.92 Å². The summed E-state index contributed by atoms with van der Waals surface area (Å²) >= 11 is 1.60. The fraction of sp³-hybridized carbons (Fsp3) is 0.471. The summed E-state index contributed by atoms with van der Waals surface area (Å²) in [5.74, 6) is -0.224. The van der Waals surface area contributed by atoms with Crippen LogP contribution in [0.4, 0.5) is 0 Å². The maximum Gasteiger partial charge on any atom is 0.328 e. The molecule has 0 radical (unpaired) electrons. The SMILES string of the molecule is COC(=O)C(CCSC)N1C(=O)C(NC(C)=O)C1c1ccccc1. The van der Waals surface area contributed by atoms with Crippen LogP contribution in [-0.4, -0.2) is 53.9 Å². The van der Waals surface area contributed by atoms with Gasteiger partial charge in [-0.1, -0.05) is 30.3 Å². The Morgan fingerprint density at radius 1 is 1.33 bits per heavy atom. The highest BCUT2D eigenvalue weighted by molar-refractivity contribution is 7.98. The molecule has 1 aromatic rings. The molecule has 1 saturated heterocycles. The molecule has 0 saturated carbocycles. The van der Waals surface area contributed by atoms with Gasteiger partial charge in [-0.3, -0.25) is 9.59 Å². The second-order valence-electron chi connectivity index (χ2n) is 5.60. The maximum atomic E-state index is 12.6. The van der Waals surface area contributed by atoms with Crippen LogP contribution < -0.4 is 5.32 Å². The van der Waals surface area contributed by atoms with Crippen molar-refractivity contribution in [3.8, 4) is 0 Å². The smallest absolute Gasteiger partial charge is 0.328 e. The van der Waals surface area contributed by atoms with Gasteiger partial charge in [-0.25, -0.2) is 4.79 Å². The highest BCUT2D eigenvalue weighted by Gasteiger charge is 2.53. The van der Waals surface area contributed by atoms with Crippen molar-refractivity contribution in [3.05, 3.63) is 35.9 Å². The molecule has 1 fully saturated rings. The molecule has 6 nitrogen and oxygen atoms in total. The summed E-state index contributed by atoms with van der Waals surface area (Å²) in [5.41, 5.74) is 0.883. The van der Waals surface area contributed by atoms with Crippen LogP contribution in [0, 0.1) is 0 Å². The number of β-lactam (4-membered cyclic amide) rings is 1. The lowest BCUT2D eigenvalue weighted by Crippen LogP contribution is -2.69. The second kappa shape index (κ2) is 8.19. The van der Waals surface area contributed by atoms with Gasteiger partial charge in [0.15, 0.2) is 0 Å². The van der Waals surface area contributed by atoms with Gasteiger partial charge >= 0.3 is 5.97 Å². The minimum atomic E-state index is -0.648. The zero-order valence-corrected chi connectivity index (χ0v) is 14.8. The van der Waals surface area contributed by atoms with Crippen molar-refractivity contribution in [1.82, 2.24) is 10.2 Å². The molecule has 0 spiro atoms. The molecule has 3 atom stereocenters. The quantitative estimate of drug-likeness (QED) is 0.594. The highest BCUT2D eigenvalue weighted by Crippen LogP contribution is 2.38. The highest BCUT2D eigenvalue weighted by atomic mass is 32.2. The summed E-state index contributed by atoms with van der Waals surface area (Å²) in [4.78, 5) is 37.8. The van der Waals surface area contributed by atoms with E-state index in [1.807, 2.05) is 36.6 Å². The Hall–Kier alpha value is -2.02. The number of hydrogen-bond acceptors (Lipinski definition) is 5. The number of carbonyl (C=O) groups is 3. The van der Waals surface area contributed by atoms with Crippen molar-refractivity contribution in [2.75, 3.05) is 19.1 Å². The van der Waals surface area contributed by atoms with Crippen LogP contribution in [0.2, 0.25) is 0 Å². The van der Waals surface area contributed by atoms with Gasteiger partial charge in [0.1, 0.15) is 12.1 Å². The third-order valence-electron chi connectivity index (χ3n) is 4.04. The lowest BCUT2D eigenvalue weighted by atomic mass is 9.86. The molecule has 7 heteroatoms. The average Bonchev–Trinajstić information content (AvgIpc) is 2.59. The van der Waals surface area contributed by atoms with Crippen LogP contribution >= 0.6 is 11.8 Å². The number of rotatable bonds is 7. The molecule has 130 valence electrons. The third kappa shape index (κ3) is 3.72. The minimum Gasteiger partial charge on any atom is -0.467 e. The first kappa shape index (κ1) is 18.3. The average molecular weight is 350 g/mol. The maximum absolute atomic E-state index is 12.6. The first-order valence-electron chi connectivity index (χ1n) is 7.72. The van der Waals surface area contributed by atoms with E-state index in [0.29, 0.717) is 6.42 Å². The number of amides is 2. The summed E-state index contributed by atoms with van der Waals surface area (Å²) < 4.78 is 4.89. The van der Waals surface area contributed by atoms with Crippen LogP contribution in [0.25, 0.3) is 0 Å². The summed E-state index contributed by atoms with van der Waals surface area (Å²) in [5, 5.41) is 2.69.